The van der Waals surface area contributed by atoms with Crippen LogP contribution in [-0.2, 0) is 6.54 Å². The van der Waals surface area contributed by atoms with E-state index in [0.717, 1.165) is 4.68 Å². The summed E-state index contributed by atoms with van der Waals surface area (Å²) in [4.78, 5) is 3.72. The van der Waals surface area contributed by atoms with Gasteiger partial charge in [0.05, 0.1) is 0 Å². The Morgan fingerprint density at radius 3 is 2.45 bits per heavy atom. The molecule has 0 fully saturated rings. The highest BCUT2D eigenvalue weighted by Gasteiger charge is 2.09. The molecule has 62 valence electrons. The molecule has 0 aromatic carbocycles. The molecule has 1 heterocycles. The molecule has 1 aromatic heterocycles. The summed E-state index contributed by atoms with van der Waals surface area (Å²) in [6.07, 6.45) is -2.42. The summed E-state index contributed by atoms with van der Waals surface area (Å²) in [5.74, 6) is 0. The molecular weight excluding hydrogens is 288 g/mol. The van der Waals surface area contributed by atoms with E-state index in [4.69, 9.17) is 0 Å². The minimum atomic E-state index is -2.42. The highest BCUT2D eigenvalue weighted by molar-refractivity contribution is 9.11. The molecule has 0 radical (unpaired) electrons. The van der Waals surface area contributed by atoms with Crippen LogP contribution in [0.25, 0.3) is 0 Å². The van der Waals surface area contributed by atoms with Crippen molar-refractivity contribution in [2.45, 2.75) is 13.0 Å². The predicted molar refractivity (Wildman–Crippen MR) is 41.4 cm³/mol. The molecule has 0 aliphatic rings. The Hall–Kier alpha value is -0.0400. The third kappa shape index (κ3) is 2.48. The van der Waals surface area contributed by atoms with E-state index in [-0.39, 0.29) is 0 Å². The van der Waals surface area contributed by atoms with Gasteiger partial charge in [-0.25, -0.2) is 13.5 Å². The first kappa shape index (κ1) is 9.05. The highest BCUT2D eigenvalue weighted by atomic mass is 79.9. The molecule has 7 heteroatoms. The van der Waals surface area contributed by atoms with Crippen molar-refractivity contribution in [3.05, 3.63) is 9.47 Å². The molecule has 0 spiro atoms. The van der Waals surface area contributed by atoms with Crippen LogP contribution in [0.2, 0.25) is 0 Å². The zero-order valence-electron chi connectivity index (χ0n) is 5.14. The fourth-order valence-electron chi connectivity index (χ4n) is 0.544. The van der Waals surface area contributed by atoms with Gasteiger partial charge < -0.3 is 0 Å². The van der Waals surface area contributed by atoms with Gasteiger partial charge in [-0.05, 0) is 31.9 Å². The standard InChI is InChI=1S/C4H3Br2F2N3/c5-3-9-4(6)11(10-3)1-2(7)8/h2H,1H2. The second-order valence-corrected chi connectivity index (χ2v) is 3.14. The minimum Gasteiger partial charge on any atom is -0.233 e. The SMILES string of the molecule is FC(F)Cn1nc(Br)nc1Br. The van der Waals surface area contributed by atoms with E-state index in [0.29, 0.717) is 9.47 Å². The van der Waals surface area contributed by atoms with Crippen molar-refractivity contribution in [2.75, 3.05) is 0 Å². The molecule has 11 heavy (non-hydrogen) atoms. The lowest BCUT2D eigenvalue weighted by molar-refractivity contribution is 0.120. The Kier molecular flexibility index (Phi) is 2.94. The van der Waals surface area contributed by atoms with Crippen LogP contribution < -0.4 is 0 Å². The monoisotopic (exact) mass is 289 g/mol. The highest BCUT2D eigenvalue weighted by Crippen LogP contribution is 2.12. The zero-order chi connectivity index (χ0) is 8.43. The second-order valence-electron chi connectivity index (χ2n) is 1.72. The zero-order valence-corrected chi connectivity index (χ0v) is 8.31. The molecule has 0 saturated heterocycles. The number of hydrogen-bond donors (Lipinski definition) is 0. The lowest BCUT2D eigenvalue weighted by Gasteiger charge is -1.98. The summed E-state index contributed by atoms with van der Waals surface area (Å²) in [5.41, 5.74) is 0. The molecule has 0 aliphatic carbocycles. The number of hydrogen-bond acceptors (Lipinski definition) is 2. The number of aromatic nitrogens is 3. The molecule has 0 bridgehead atoms. The van der Waals surface area contributed by atoms with Gasteiger partial charge in [0, 0.05) is 0 Å². The summed E-state index contributed by atoms with van der Waals surface area (Å²) in [6, 6.07) is 0. The van der Waals surface area contributed by atoms with E-state index < -0.39 is 13.0 Å². The van der Waals surface area contributed by atoms with Crippen LogP contribution in [-0.4, -0.2) is 21.2 Å². The number of alkyl halides is 2. The lowest BCUT2D eigenvalue weighted by atomic mass is 10.7. The quantitative estimate of drug-likeness (QED) is 0.835. The van der Waals surface area contributed by atoms with Crippen molar-refractivity contribution in [3.63, 3.8) is 0 Å². The molecule has 0 saturated carbocycles. The third-order valence-corrected chi connectivity index (χ3v) is 1.83. The van der Waals surface area contributed by atoms with Crippen LogP contribution in [0.4, 0.5) is 8.78 Å². The summed E-state index contributed by atoms with van der Waals surface area (Å²) in [6.45, 7) is -0.445. The van der Waals surface area contributed by atoms with Gasteiger partial charge in [0.25, 0.3) is 6.43 Å². The molecule has 0 N–H and O–H groups in total. The molecule has 3 nitrogen and oxygen atoms in total. The van der Waals surface area contributed by atoms with Gasteiger partial charge >= 0.3 is 0 Å². The first-order chi connectivity index (χ1) is 5.09. The topological polar surface area (TPSA) is 30.7 Å². The van der Waals surface area contributed by atoms with Crippen LogP contribution in [0.1, 0.15) is 0 Å². The van der Waals surface area contributed by atoms with Crippen molar-refractivity contribution < 1.29 is 8.78 Å². The van der Waals surface area contributed by atoms with E-state index >= 15 is 0 Å². The smallest absolute Gasteiger partial charge is 0.233 e. The Morgan fingerprint density at radius 1 is 1.45 bits per heavy atom. The minimum absolute atomic E-state index is 0.296. The largest absolute Gasteiger partial charge is 0.258 e. The molecule has 1 aromatic rings. The maximum atomic E-state index is 11.8. The fraction of sp³-hybridized carbons (Fsp3) is 0.500. The predicted octanol–water partition coefficient (Wildman–Crippen LogP) is 2.07. The van der Waals surface area contributed by atoms with Crippen molar-refractivity contribution in [1.82, 2.24) is 14.8 Å². The van der Waals surface area contributed by atoms with Gasteiger partial charge in [0.1, 0.15) is 6.54 Å². The van der Waals surface area contributed by atoms with Gasteiger partial charge in [-0.15, -0.1) is 5.10 Å². The van der Waals surface area contributed by atoms with Crippen LogP contribution in [0.15, 0.2) is 9.47 Å². The van der Waals surface area contributed by atoms with Crippen LogP contribution in [0.3, 0.4) is 0 Å². The van der Waals surface area contributed by atoms with Gasteiger partial charge in [-0.2, -0.15) is 4.98 Å². The Labute approximate surface area is 78.1 Å². The van der Waals surface area contributed by atoms with Crippen molar-refractivity contribution in [1.29, 1.82) is 0 Å². The average Bonchev–Trinajstić information content (AvgIpc) is 2.09. The van der Waals surface area contributed by atoms with Crippen LogP contribution in [0.5, 0.6) is 0 Å². The Bertz CT molecular complexity index is 249. The van der Waals surface area contributed by atoms with Crippen molar-refractivity contribution in [3.8, 4) is 0 Å². The first-order valence-corrected chi connectivity index (χ1v) is 4.22. The first-order valence-electron chi connectivity index (χ1n) is 2.63. The molecule has 0 atom stereocenters. The third-order valence-electron chi connectivity index (χ3n) is 0.912. The summed E-state index contributed by atoms with van der Waals surface area (Å²) in [5, 5.41) is 3.65. The van der Waals surface area contributed by atoms with Crippen molar-refractivity contribution >= 4 is 31.9 Å². The van der Waals surface area contributed by atoms with Crippen LogP contribution in [0, 0.1) is 0 Å². The summed E-state index contributed by atoms with van der Waals surface area (Å²) in [7, 11) is 0. The summed E-state index contributed by atoms with van der Waals surface area (Å²) >= 11 is 5.93. The van der Waals surface area contributed by atoms with Gasteiger partial charge in [0.15, 0.2) is 4.73 Å². The molecular formula is C4H3Br2F2N3. The fourth-order valence-corrected chi connectivity index (χ4v) is 1.53. The number of halogens is 4. The van der Waals surface area contributed by atoms with E-state index in [2.05, 4.69) is 41.9 Å². The van der Waals surface area contributed by atoms with E-state index in [1.165, 1.54) is 0 Å². The Balaban J connectivity index is 2.77. The maximum absolute atomic E-state index is 11.8. The maximum Gasteiger partial charge on any atom is 0.258 e. The molecule has 0 amide bonds. The van der Waals surface area contributed by atoms with Gasteiger partial charge in [0.2, 0.25) is 4.73 Å². The van der Waals surface area contributed by atoms with Crippen molar-refractivity contribution in [2.24, 2.45) is 0 Å². The number of rotatable bonds is 2. The summed E-state index contributed by atoms with van der Waals surface area (Å²) < 4.78 is 25.2. The molecule has 0 aliphatic heterocycles. The van der Waals surface area contributed by atoms with E-state index in [1.807, 2.05) is 0 Å². The van der Waals surface area contributed by atoms with Crippen LogP contribution >= 0.6 is 31.9 Å². The number of nitrogens with zero attached hydrogens (tertiary/aromatic N) is 3. The van der Waals surface area contributed by atoms with Gasteiger partial charge in [-0.1, -0.05) is 0 Å². The van der Waals surface area contributed by atoms with E-state index in [9.17, 15) is 8.78 Å². The van der Waals surface area contributed by atoms with Gasteiger partial charge in [-0.3, -0.25) is 0 Å². The lowest BCUT2D eigenvalue weighted by Crippen LogP contribution is -2.08. The van der Waals surface area contributed by atoms with E-state index in [1.54, 1.807) is 0 Å². The second kappa shape index (κ2) is 3.57. The Morgan fingerprint density at radius 2 is 2.09 bits per heavy atom. The molecule has 1 rings (SSSR count). The molecule has 0 unspecified atom stereocenters. The average molecular weight is 291 g/mol. The normalized spacial score (nSPS) is 11.0.